The molecule has 12 heavy (non-hydrogen) atoms. The van der Waals surface area contributed by atoms with E-state index in [-0.39, 0.29) is 0 Å². The normalized spacial score (nSPS) is 16.5. The van der Waals surface area contributed by atoms with E-state index in [9.17, 15) is 0 Å². The molecule has 0 rings (SSSR count). The van der Waals surface area contributed by atoms with E-state index in [0.717, 1.165) is 5.92 Å². The fraction of sp³-hybridized carbons (Fsp3) is 1.00. The van der Waals surface area contributed by atoms with Crippen molar-refractivity contribution < 1.29 is 0 Å². The molecule has 2 atom stereocenters. The van der Waals surface area contributed by atoms with Crippen molar-refractivity contribution in [3.63, 3.8) is 0 Å². The molecule has 0 fully saturated rings. The van der Waals surface area contributed by atoms with E-state index >= 15 is 0 Å². The topological polar surface area (TPSA) is 15.3 Å². The second-order valence-corrected chi connectivity index (χ2v) is 3.87. The lowest BCUT2D eigenvalue weighted by atomic mass is 9.96. The molecule has 0 bridgehead atoms. The Morgan fingerprint density at radius 3 is 2.25 bits per heavy atom. The Hall–Kier alpha value is -0.0800. The Balaban J connectivity index is 3.67. The summed E-state index contributed by atoms with van der Waals surface area (Å²) in [5, 5.41) is 3.38. The fourth-order valence-corrected chi connectivity index (χ4v) is 1.40. The van der Waals surface area contributed by atoms with Crippen molar-refractivity contribution in [2.24, 2.45) is 5.92 Å². The molecule has 0 aromatic heterocycles. The monoisotopic (exact) mass is 172 g/mol. The van der Waals surface area contributed by atoms with Crippen molar-refractivity contribution in [3.8, 4) is 0 Å². The summed E-state index contributed by atoms with van der Waals surface area (Å²) in [5.74, 6) is 0.787. The van der Waals surface area contributed by atoms with Crippen molar-refractivity contribution in [2.75, 3.05) is 27.7 Å². The first-order valence-corrected chi connectivity index (χ1v) is 4.93. The van der Waals surface area contributed by atoms with Gasteiger partial charge in [0, 0.05) is 6.04 Å². The standard InChI is InChI=1S/C10H24N2/c1-6-9(2)10(11-3)7-8-12(4)5/h9-11H,6-8H2,1-5H3. The molecule has 0 aliphatic heterocycles. The molecule has 0 saturated heterocycles. The predicted octanol–water partition coefficient (Wildman–Crippen LogP) is 1.57. The highest BCUT2D eigenvalue weighted by Crippen LogP contribution is 2.10. The van der Waals surface area contributed by atoms with Gasteiger partial charge in [0.2, 0.25) is 0 Å². The van der Waals surface area contributed by atoms with E-state index in [4.69, 9.17) is 0 Å². The largest absolute Gasteiger partial charge is 0.317 e. The zero-order chi connectivity index (χ0) is 9.56. The maximum atomic E-state index is 3.38. The van der Waals surface area contributed by atoms with Crippen LogP contribution < -0.4 is 5.32 Å². The van der Waals surface area contributed by atoms with Gasteiger partial charge in [0.15, 0.2) is 0 Å². The van der Waals surface area contributed by atoms with Gasteiger partial charge in [-0.1, -0.05) is 20.3 Å². The summed E-state index contributed by atoms with van der Waals surface area (Å²) in [4.78, 5) is 2.24. The zero-order valence-corrected chi connectivity index (χ0v) is 9.22. The van der Waals surface area contributed by atoms with Crippen LogP contribution >= 0.6 is 0 Å². The van der Waals surface area contributed by atoms with Crippen LogP contribution in [0.1, 0.15) is 26.7 Å². The van der Waals surface area contributed by atoms with Gasteiger partial charge >= 0.3 is 0 Å². The van der Waals surface area contributed by atoms with Crippen LogP contribution in [0.5, 0.6) is 0 Å². The van der Waals surface area contributed by atoms with Crippen molar-refractivity contribution in [1.29, 1.82) is 0 Å². The van der Waals surface area contributed by atoms with Gasteiger partial charge in [0.05, 0.1) is 0 Å². The number of hydrogen-bond donors (Lipinski definition) is 1. The van der Waals surface area contributed by atoms with Gasteiger partial charge in [-0.3, -0.25) is 0 Å². The first-order valence-electron chi connectivity index (χ1n) is 4.93. The maximum Gasteiger partial charge on any atom is 0.0102 e. The molecular weight excluding hydrogens is 148 g/mol. The third kappa shape index (κ3) is 4.73. The Morgan fingerprint density at radius 2 is 1.92 bits per heavy atom. The maximum absolute atomic E-state index is 3.38. The van der Waals surface area contributed by atoms with Crippen LogP contribution in [0.15, 0.2) is 0 Å². The third-order valence-electron chi connectivity index (χ3n) is 2.59. The molecule has 0 aromatic carbocycles. The van der Waals surface area contributed by atoms with Crippen LogP contribution in [-0.2, 0) is 0 Å². The lowest BCUT2D eigenvalue weighted by Gasteiger charge is -2.23. The quantitative estimate of drug-likeness (QED) is 0.654. The first-order chi connectivity index (χ1) is 5.61. The lowest BCUT2D eigenvalue weighted by molar-refractivity contribution is 0.311. The lowest BCUT2D eigenvalue weighted by Crippen LogP contribution is -2.34. The van der Waals surface area contributed by atoms with Gasteiger partial charge in [-0.25, -0.2) is 0 Å². The number of rotatable bonds is 6. The summed E-state index contributed by atoms with van der Waals surface area (Å²) in [6.45, 7) is 5.75. The van der Waals surface area contributed by atoms with Gasteiger partial charge in [-0.05, 0) is 40.0 Å². The van der Waals surface area contributed by atoms with Crippen LogP contribution in [0.3, 0.4) is 0 Å². The van der Waals surface area contributed by atoms with Crippen LogP contribution in [0.4, 0.5) is 0 Å². The average Bonchev–Trinajstić information content (AvgIpc) is 2.04. The Kier molecular flexibility index (Phi) is 6.39. The van der Waals surface area contributed by atoms with Gasteiger partial charge in [-0.2, -0.15) is 0 Å². The van der Waals surface area contributed by atoms with E-state index in [0.29, 0.717) is 6.04 Å². The molecule has 1 N–H and O–H groups in total. The minimum Gasteiger partial charge on any atom is -0.317 e. The van der Waals surface area contributed by atoms with Crippen molar-refractivity contribution in [3.05, 3.63) is 0 Å². The summed E-state index contributed by atoms with van der Waals surface area (Å²) in [7, 11) is 6.32. The van der Waals surface area contributed by atoms with Crippen LogP contribution in [0, 0.1) is 5.92 Å². The second-order valence-electron chi connectivity index (χ2n) is 3.87. The minimum atomic E-state index is 0.678. The van der Waals surface area contributed by atoms with E-state index < -0.39 is 0 Å². The predicted molar refractivity (Wildman–Crippen MR) is 55.5 cm³/mol. The van der Waals surface area contributed by atoms with Crippen molar-refractivity contribution >= 4 is 0 Å². The van der Waals surface area contributed by atoms with Crippen molar-refractivity contribution in [1.82, 2.24) is 10.2 Å². The fourth-order valence-electron chi connectivity index (χ4n) is 1.40. The summed E-state index contributed by atoms with van der Waals surface area (Å²) in [6.07, 6.45) is 2.51. The molecule has 2 unspecified atom stereocenters. The molecule has 0 heterocycles. The SMILES string of the molecule is CCC(C)C(CCN(C)C)NC. The number of hydrogen-bond acceptors (Lipinski definition) is 2. The highest BCUT2D eigenvalue weighted by molar-refractivity contribution is 4.71. The van der Waals surface area contributed by atoms with Gasteiger partial charge in [0.1, 0.15) is 0 Å². The van der Waals surface area contributed by atoms with Crippen LogP contribution in [0.25, 0.3) is 0 Å². The highest BCUT2D eigenvalue weighted by atomic mass is 15.1. The van der Waals surface area contributed by atoms with Crippen molar-refractivity contribution in [2.45, 2.75) is 32.7 Å². The van der Waals surface area contributed by atoms with E-state index in [1.54, 1.807) is 0 Å². The molecule has 2 nitrogen and oxygen atoms in total. The molecule has 74 valence electrons. The highest BCUT2D eigenvalue weighted by Gasteiger charge is 2.12. The Labute approximate surface area is 77.3 Å². The summed E-state index contributed by atoms with van der Waals surface area (Å²) in [6, 6.07) is 0.678. The number of nitrogens with zero attached hydrogens (tertiary/aromatic N) is 1. The summed E-state index contributed by atoms with van der Waals surface area (Å²) < 4.78 is 0. The average molecular weight is 172 g/mol. The van der Waals surface area contributed by atoms with Gasteiger partial charge in [-0.15, -0.1) is 0 Å². The summed E-state index contributed by atoms with van der Waals surface area (Å²) >= 11 is 0. The second kappa shape index (κ2) is 6.44. The summed E-state index contributed by atoms with van der Waals surface area (Å²) in [5.41, 5.74) is 0. The molecule has 0 radical (unpaired) electrons. The van der Waals surface area contributed by atoms with Gasteiger partial charge in [0.25, 0.3) is 0 Å². The van der Waals surface area contributed by atoms with Crippen LogP contribution in [-0.4, -0.2) is 38.6 Å². The molecule has 2 heteroatoms. The minimum absolute atomic E-state index is 0.678. The molecule has 0 aromatic rings. The molecule has 0 amide bonds. The molecular formula is C10H24N2. The molecule has 0 aliphatic rings. The Morgan fingerprint density at radius 1 is 1.33 bits per heavy atom. The number of nitrogens with one attached hydrogen (secondary N) is 1. The van der Waals surface area contributed by atoms with E-state index in [2.05, 4.69) is 45.2 Å². The van der Waals surface area contributed by atoms with E-state index in [1.807, 2.05) is 0 Å². The molecule has 0 saturated carbocycles. The first kappa shape index (κ1) is 11.9. The Bertz CT molecular complexity index is 102. The third-order valence-corrected chi connectivity index (χ3v) is 2.59. The molecule has 0 aliphatic carbocycles. The van der Waals surface area contributed by atoms with Crippen LogP contribution in [0.2, 0.25) is 0 Å². The smallest absolute Gasteiger partial charge is 0.0102 e. The zero-order valence-electron chi connectivity index (χ0n) is 9.22. The molecule has 0 spiro atoms. The van der Waals surface area contributed by atoms with E-state index in [1.165, 1.54) is 19.4 Å². The van der Waals surface area contributed by atoms with Gasteiger partial charge < -0.3 is 10.2 Å².